The molecule has 1 amide bonds. The Balaban J connectivity index is 1.74. The first kappa shape index (κ1) is 13.7. The molecule has 3 rings (SSSR count). The first-order chi connectivity index (χ1) is 10.1. The van der Waals surface area contributed by atoms with E-state index < -0.39 is 0 Å². The van der Waals surface area contributed by atoms with Gasteiger partial charge in [0.1, 0.15) is 5.82 Å². The molecule has 0 spiro atoms. The van der Waals surface area contributed by atoms with Gasteiger partial charge in [-0.2, -0.15) is 0 Å². The molecule has 0 bridgehead atoms. The van der Waals surface area contributed by atoms with Gasteiger partial charge in [-0.15, -0.1) is 10.2 Å². The van der Waals surface area contributed by atoms with E-state index in [0.29, 0.717) is 24.5 Å². The number of hydrogen-bond acceptors (Lipinski definition) is 4. The normalized spacial score (nSPS) is 16.2. The lowest BCUT2D eigenvalue weighted by Crippen LogP contribution is -2.36. The van der Waals surface area contributed by atoms with Crippen molar-refractivity contribution in [2.75, 3.05) is 13.1 Å². The number of amides is 1. The van der Waals surface area contributed by atoms with Gasteiger partial charge in [0.05, 0.1) is 5.56 Å². The zero-order valence-electron chi connectivity index (χ0n) is 11.8. The summed E-state index contributed by atoms with van der Waals surface area (Å²) < 4.78 is 19.3. The fourth-order valence-electron chi connectivity index (χ4n) is 2.58. The summed E-state index contributed by atoms with van der Waals surface area (Å²) in [5.41, 5.74) is 0.317. The Kier molecular flexibility index (Phi) is 3.68. The summed E-state index contributed by atoms with van der Waals surface area (Å²) >= 11 is 0. The molecule has 1 aliphatic heterocycles. The van der Waals surface area contributed by atoms with Crippen LogP contribution in [0.15, 0.2) is 28.7 Å². The van der Waals surface area contributed by atoms with Crippen LogP contribution < -0.4 is 0 Å². The van der Waals surface area contributed by atoms with Gasteiger partial charge in [-0.3, -0.25) is 4.79 Å². The summed E-state index contributed by atoms with van der Waals surface area (Å²) in [6.07, 6.45) is 1.58. The highest BCUT2D eigenvalue weighted by Crippen LogP contribution is 2.29. The molecule has 1 saturated heterocycles. The van der Waals surface area contributed by atoms with E-state index in [9.17, 15) is 9.18 Å². The zero-order chi connectivity index (χ0) is 14.8. The maximum absolute atomic E-state index is 13.7. The molecule has 0 saturated carbocycles. The first-order valence-electron chi connectivity index (χ1n) is 6.99. The van der Waals surface area contributed by atoms with Crippen molar-refractivity contribution in [3.63, 3.8) is 0 Å². The van der Waals surface area contributed by atoms with Crippen molar-refractivity contribution in [1.29, 1.82) is 0 Å². The number of aromatic nitrogens is 2. The molecule has 1 aromatic carbocycles. The summed E-state index contributed by atoms with van der Waals surface area (Å²) in [6.45, 7) is 2.96. The molecule has 5 nitrogen and oxygen atoms in total. The van der Waals surface area contributed by atoms with E-state index >= 15 is 0 Å². The molecule has 0 atom stereocenters. The van der Waals surface area contributed by atoms with Gasteiger partial charge in [-0.1, -0.05) is 12.1 Å². The highest BCUT2D eigenvalue weighted by atomic mass is 19.1. The van der Waals surface area contributed by atoms with Gasteiger partial charge in [-0.25, -0.2) is 4.39 Å². The van der Waals surface area contributed by atoms with Crippen molar-refractivity contribution in [3.05, 3.63) is 36.0 Å². The minimum absolute atomic E-state index is 0.0889. The predicted molar refractivity (Wildman–Crippen MR) is 73.9 cm³/mol. The van der Waals surface area contributed by atoms with Crippen LogP contribution in [-0.4, -0.2) is 34.1 Å². The van der Waals surface area contributed by atoms with Crippen LogP contribution in [0, 0.1) is 5.82 Å². The van der Waals surface area contributed by atoms with Crippen molar-refractivity contribution in [3.8, 4) is 11.5 Å². The van der Waals surface area contributed by atoms with Crippen LogP contribution in [0.4, 0.5) is 4.39 Å². The second kappa shape index (κ2) is 5.63. The summed E-state index contributed by atoms with van der Waals surface area (Å²) in [5.74, 6) is 0.576. The largest absolute Gasteiger partial charge is 0.420 e. The molecule has 1 aliphatic rings. The van der Waals surface area contributed by atoms with Gasteiger partial charge >= 0.3 is 0 Å². The van der Waals surface area contributed by atoms with E-state index in [1.54, 1.807) is 25.1 Å². The van der Waals surface area contributed by atoms with Crippen molar-refractivity contribution in [1.82, 2.24) is 15.1 Å². The van der Waals surface area contributed by atoms with Gasteiger partial charge in [0.25, 0.3) is 5.89 Å². The van der Waals surface area contributed by atoms with E-state index in [4.69, 9.17) is 4.42 Å². The third-order valence-electron chi connectivity index (χ3n) is 3.83. The van der Waals surface area contributed by atoms with Crippen molar-refractivity contribution in [2.45, 2.75) is 25.7 Å². The second-order valence-electron chi connectivity index (χ2n) is 5.21. The van der Waals surface area contributed by atoms with Crippen LogP contribution in [0.1, 0.15) is 31.6 Å². The quantitative estimate of drug-likeness (QED) is 0.852. The molecule has 1 aromatic heterocycles. The van der Waals surface area contributed by atoms with E-state index in [1.807, 2.05) is 4.90 Å². The zero-order valence-corrected chi connectivity index (χ0v) is 11.8. The van der Waals surface area contributed by atoms with Gasteiger partial charge in [-0.05, 0) is 25.0 Å². The van der Waals surface area contributed by atoms with Crippen LogP contribution in [-0.2, 0) is 4.79 Å². The van der Waals surface area contributed by atoms with Crippen molar-refractivity contribution < 1.29 is 13.6 Å². The molecule has 2 heterocycles. The lowest BCUT2D eigenvalue weighted by molar-refractivity contribution is -0.129. The fraction of sp³-hybridized carbons (Fsp3) is 0.400. The molecule has 0 N–H and O–H groups in total. The Morgan fingerprint density at radius 1 is 1.29 bits per heavy atom. The Labute approximate surface area is 121 Å². The lowest BCUT2D eigenvalue weighted by atomic mass is 9.97. The van der Waals surface area contributed by atoms with Crippen molar-refractivity contribution in [2.24, 2.45) is 0 Å². The van der Waals surface area contributed by atoms with Gasteiger partial charge in [0.2, 0.25) is 11.8 Å². The number of benzene rings is 1. The first-order valence-corrected chi connectivity index (χ1v) is 6.99. The highest BCUT2D eigenvalue weighted by molar-refractivity contribution is 5.73. The van der Waals surface area contributed by atoms with Crippen LogP contribution in [0.25, 0.3) is 11.5 Å². The second-order valence-corrected chi connectivity index (χ2v) is 5.21. The average molecular weight is 289 g/mol. The van der Waals surface area contributed by atoms with Gasteiger partial charge in [0, 0.05) is 25.9 Å². The van der Waals surface area contributed by atoms with E-state index in [-0.39, 0.29) is 23.5 Å². The monoisotopic (exact) mass is 289 g/mol. The number of piperidine rings is 1. The van der Waals surface area contributed by atoms with E-state index in [1.165, 1.54) is 6.07 Å². The number of rotatable bonds is 2. The molecule has 21 heavy (non-hydrogen) atoms. The minimum Gasteiger partial charge on any atom is -0.420 e. The predicted octanol–water partition coefficient (Wildman–Crippen LogP) is 2.60. The smallest absolute Gasteiger partial charge is 0.250 e. The number of likely N-dealkylation sites (tertiary alicyclic amines) is 1. The van der Waals surface area contributed by atoms with Crippen molar-refractivity contribution >= 4 is 5.91 Å². The lowest BCUT2D eigenvalue weighted by Gasteiger charge is -2.29. The van der Waals surface area contributed by atoms with E-state index in [2.05, 4.69) is 10.2 Å². The third kappa shape index (κ3) is 2.79. The molecule has 6 heteroatoms. The molecule has 2 aromatic rings. The van der Waals surface area contributed by atoms with Crippen LogP contribution >= 0.6 is 0 Å². The Hall–Kier alpha value is -2.24. The number of halogens is 1. The molecule has 0 unspecified atom stereocenters. The summed E-state index contributed by atoms with van der Waals surface area (Å²) in [6, 6.07) is 6.33. The van der Waals surface area contributed by atoms with Gasteiger partial charge in [0.15, 0.2) is 0 Å². The van der Waals surface area contributed by atoms with Crippen LogP contribution in [0.3, 0.4) is 0 Å². The summed E-state index contributed by atoms with van der Waals surface area (Å²) in [7, 11) is 0. The highest BCUT2D eigenvalue weighted by Gasteiger charge is 2.26. The number of nitrogens with zero attached hydrogens (tertiary/aromatic N) is 3. The maximum atomic E-state index is 13.7. The van der Waals surface area contributed by atoms with E-state index in [0.717, 1.165) is 12.8 Å². The number of hydrogen-bond donors (Lipinski definition) is 0. The molecule has 1 fully saturated rings. The maximum Gasteiger partial charge on any atom is 0.250 e. The number of carbonyl (C=O) groups is 1. The minimum atomic E-state index is -0.376. The summed E-state index contributed by atoms with van der Waals surface area (Å²) in [5, 5.41) is 7.98. The summed E-state index contributed by atoms with van der Waals surface area (Å²) in [4.78, 5) is 13.1. The number of carbonyl (C=O) groups excluding carboxylic acids is 1. The molecular formula is C15H16FN3O2. The molecule has 110 valence electrons. The average Bonchev–Trinajstić information content (AvgIpc) is 2.97. The SMILES string of the molecule is CC(=O)N1CCC(c2nnc(-c3ccccc3F)o2)CC1. The molecule has 0 aliphatic carbocycles. The van der Waals surface area contributed by atoms with Gasteiger partial charge < -0.3 is 9.32 Å². The Morgan fingerprint density at radius 2 is 2.00 bits per heavy atom. The van der Waals surface area contributed by atoms with Crippen LogP contribution in [0.2, 0.25) is 0 Å². The Morgan fingerprint density at radius 3 is 2.67 bits per heavy atom. The third-order valence-corrected chi connectivity index (χ3v) is 3.83. The molecule has 0 radical (unpaired) electrons. The Bertz CT molecular complexity index is 648. The molecular weight excluding hydrogens is 273 g/mol. The standard InChI is InChI=1S/C15H16FN3O2/c1-10(20)19-8-6-11(7-9-19)14-17-18-15(21-14)12-4-2-3-5-13(12)16/h2-5,11H,6-9H2,1H3. The topological polar surface area (TPSA) is 59.2 Å². The fourth-order valence-corrected chi connectivity index (χ4v) is 2.58. The van der Waals surface area contributed by atoms with Crippen LogP contribution in [0.5, 0.6) is 0 Å².